The number of ether oxygens (including phenoxy) is 1. The maximum atomic E-state index is 12.9. The van der Waals surface area contributed by atoms with E-state index in [1.807, 2.05) is 13.8 Å². The minimum absolute atomic E-state index is 0.000245. The van der Waals surface area contributed by atoms with E-state index in [0.29, 0.717) is 22.3 Å². The van der Waals surface area contributed by atoms with Crippen molar-refractivity contribution in [3.05, 3.63) is 92.5 Å². The highest BCUT2D eigenvalue weighted by Crippen LogP contribution is 2.50. The molecular formula is C25H22O6. The van der Waals surface area contributed by atoms with Crippen LogP contribution in [0.25, 0.3) is 0 Å². The predicted molar refractivity (Wildman–Crippen MR) is 114 cm³/mol. The van der Waals surface area contributed by atoms with Gasteiger partial charge >= 0.3 is 11.9 Å². The van der Waals surface area contributed by atoms with Crippen LogP contribution in [0.3, 0.4) is 0 Å². The topological polar surface area (TPSA) is 104 Å². The lowest BCUT2D eigenvalue weighted by molar-refractivity contribution is 0.0244. The van der Waals surface area contributed by atoms with Gasteiger partial charge in [0.1, 0.15) is 11.5 Å². The van der Waals surface area contributed by atoms with E-state index in [9.17, 15) is 24.9 Å². The molecule has 0 amide bonds. The van der Waals surface area contributed by atoms with Crippen LogP contribution < -0.4 is 0 Å². The first-order valence-corrected chi connectivity index (χ1v) is 9.79. The first-order valence-electron chi connectivity index (χ1n) is 9.79. The van der Waals surface area contributed by atoms with Gasteiger partial charge in [-0.15, -0.1) is 0 Å². The van der Waals surface area contributed by atoms with Crippen LogP contribution in [0, 0.1) is 27.7 Å². The van der Waals surface area contributed by atoms with Crippen LogP contribution in [-0.2, 0) is 10.3 Å². The first-order chi connectivity index (χ1) is 14.6. The zero-order valence-electron chi connectivity index (χ0n) is 17.6. The number of fused-ring (bicyclic) bond motifs is 1. The Morgan fingerprint density at radius 1 is 0.871 bits per heavy atom. The van der Waals surface area contributed by atoms with Crippen LogP contribution in [0.4, 0.5) is 0 Å². The summed E-state index contributed by atoms with van der Waals surface area (Å²) in [5.41, 5.74) is 2.21. The fourth-order valence-electron chi connectivity index (χ4n) is 4.19. The zero-order chi connectivity index (χ0) is 22.7. The van der Waals surface area contributed by atoms with E-state index in [2.05, 4.69) is 0 Å². The van der Waals surface area contributed by atoms with Crippen molar-refractivity contribution in [2.24, 2.45) is 0 Å². The molecule has 6 heteroatoms. The molecule has 1 heterocycles. The third-order valence-electron chi connectivity index (χ3n) is 6.21. The summed E-state index contributed by atoms with van der Waals surface area (Å²) in [5, 5.41) is 31.0. The summed E-state index contributed by atoms with van der Waals surface area (Å²) in [5.74, 6) is -1.88. The second kappa shape index (κ2) is 6.87. The summed E-state index contributed by atoms with van der Waals surface area (Å²) in [4.78, 5) is 25.1. The van der Waals surface area contributed by atoms with E-state index in [-0.39, 0.29) is 28.2 Å². The number of aromatic hydroxyl groups is 2. The van der Waals surface area contributed by atoms with Crippen LogP contribution in [0.2, 0.25) is 0 Å². The highest BCUT2D eigenvalue weighted by molar-refractivity contribution is 6.02. The molecule has 0 atom stereocenters. The molecule has 4 rings (SSSR count). The average Bonchev–Trinajstić information content (AvgIpc) is 3.03. The third kappa shape index (κ3) is 2.86. The van der Waals surface area contributed by atoms with E-state index in [1.165, 1.54) is 30.3 Å². The SMILES string of the molecule is Cc1cc(C2(c3cc(C)c(C)c(O)c3)OC(=O)c3cccc(C(=O)O)c32)cc(O)c1C. The lowest BCUT2D eigenvalue weighted by atomic mass is 9.76. The summed E-state index contributed by atoms with van der Waals surface area (Å²) >= 11 is 0. The first kappa shape index (κ1) is 20.5. The Kier molecular flexibility index (Phi) is 4.54. The van der Waals surface area contributed by atoms with Crippen LogP contribution in [0.5, 0.6) is 11.5 Å². The Morgan fingerprint density at radius 2 is 1.39 bits per heavy atom. The Hall–Kier alpha value is -3.80. The summed E-state index contributed by atoms with van der Waals surface area (Å²) in [7, 11) is 0. The number of phenols is 2. The van der Waals surface area contributed by atoms with E-state index >= 15 is 0 Å². The molecule has 3 aromatic rings. The van der Waals surface area contributed by atoms with Gasteiger partial charge in [0.05, 0.1) is 11.1 Å². The molecule has 0 aromatic heterocycles. The van der Waals surface area contributed by atoms with E-state index in [4.69, 9.17) is 4.74 Å². The summed E-state index contributed by atoms with van der Waals surface area (Å²) in [6.45, 7) is 7.15. The third-order valence-corrected chi connectivity index (χ3v) is 6.21. The number of cyclic esters (lactones) is 1. The maximum absolute atomic E-state index is 12.9. The molecule has 0 unspecified atom stereocenters. The second-order valence-electron chi connectivity index (χ2n) is 7.98. The van der Waals surface area contributed by atoms with Gasteiger partial charge in [-0.3, -0.25) is 0 Å². The number of benzene rings is 3. The van der Waals surface area contributed by atoms with Gasteiger partial charge in [-0.05, 0) is 74.2 Å². The molecule has 1 aliphatic rings. The summed E-state index contributed by atoms with van der Waals surface area (Å²) < 4.78 is 5.96. The van der Waals surface area contributed by atoms with Gasteiger partial charge in [-0.2, -0.15) is 0 Å². The largest absolute Gasteiger partial charge is 0.508 e. The second-order valence-corrected chi connectivity index (χ2v) is 7.98. The molecular weight excluding hydrogens is 396 g/mol. The number of hydrogen-bond acceptors (Lipinski definition) is 5. The highest BCUT2D eigenvalue weighted by Gasteiger charge is 2.51. The minimum Gasteiger partial charge on any atom is -0.508 e. The van der Waals surface area contributed by atoms with Crippen LogP contribution >= 0.6 is 0 Å². The molecule has 0 spiro atoms. The van der Waals surface area contributed by atoms with Gasteiger partial charge < -0.3 is 20.1 Å². The molecule has 31 heavy (non-hydrogen) atoms. The van der Waals surface area contributed by atoms with Crippen molar-refractivity contribution in [2.75, 3.05) is 0 Å². The van der Waals surface area contributed by atoms with E-state index in [0.717, 1.165) is 11.1 Å². The lowest BCUT2D eigenvalue weighted by Crippen LogP contribution is -2.31. The maximum Gasteiger partial charge on any atom is 0.340 e. The normalized spacial score (nSPS) is 14.3. The minimum atomic E-state index is -1.65. The quantitative estimate of drug-likeness (QED) is 0.542. The van der Waals surface area contributed by atoms with Crippen molar-refractivity contribution < 1.29 is 29.6 Å². The Bertz CT molecular complexity index is 1170. The number of aromatic carboxylic acids is 1. The number of carbonyl (C=O) groups excluding carboxylic acids is 1. The summed E-state index contributed by atoms with van der Waals surface area (Å²) in [6, 6.07) is 10.9. The molecule has 3 N–H and O–H groups in total. The average molecular weight is 418 g/mol. The molecule has 6 nitrogen and oxygen atoms in total. The number of esters is 1. The molecule has 0 bridgehead atoms. The fourth-order valence-corrected chi connectivity index (χ4v) is 4.19. The number of rotatable bonds is 3. The molecule has 0 fully saturated rings. The van der Waals surface area contributed by atoms with E-state index < -0.39 is 17.5 Å². The monoisotopic (exact) mass is 418 g/mol. The Labute approximate surface area is 179 Å². The van der Waals surface area contributed by atoms with E-state index in [1.54, 1.807) is 26.0 Å². The van der Waals surface area contributed by atoms with Gasteiger partial charge in [0.15, 0.2) is 5.60 Å². The smallest absolute Gasteiger partial charge is 0.340 e. The van der Waals surface area contributed by atoms with Crippen molar-refractivity contribution >= 4 is 11.9 Å². The molecule has 0 radical (unpaired) electrons. The van der Waals surface area contributed by atoms with Gasteiger partial charge in [-0.1, -0.05) is 18.2 Å². The number of carboxylic acids is 1. The zero-order valence-corrected chi connectivity index (χ0v) is 17.6. The molecule has 0 saturated heterocycles. The van der Waals surface area contributed by atoms with Gasteiger partial charge in [0.2, 0.25) is 0 Å². The van der Waals surface area contributed by atoms with Crippen LogP contribution in [-0.4, -0.2) is 27.3 Å². The van der Waals surface area contributed by atoms with Crippen LogP contribution in [0.15, 0.2) is 42.5 Å². The number of aryl methyl sites for hydroxylation is 2. The number of hydrogen-bond donors (Lipinski definition) is 3. The molecule has 0 saturated carbocycles. The molecule has 1 aliphatic heterocycles. The van der Waals surface area contributed by atoms with Gasteiger partial charge in [-0.25, -0.2) is 9.59 Å². The number of phenolic OH excluding ortho intramolecular Hbond substituents is 2. The van der Waals surface area contributed by atoms with Crippen molar-refractivity contribution in [3.63, 3.8) is 0 Å². The molecule has 0 aliphatic carbocycles. The standard InChI is InChI=1S/C25H22O6/c1-12-8-16(10-20(26)14(12)3)25(17-9-13(2)15(4)21(27)11-17)22-18(23(28)29)6-5-7-19(22)24(30)31-25/h5-11,26-27H,1-4H3,(H,28,29). The summed E-state index contributed by atoms with van der Waals surface area (Å²) in [6.07, 6.45) is 0. The Balaban J connectivity index is 2.20. The Morgan fingerprint density at radius 3 is 1.84 bits per heavy atom. The van der Waals surface area contributed by atoms with Gasteiger partial charge in [0, 0.05) is 16.7 Å². The van der Waals surface area contributed by atoms with Crippen molar-refractivity contribution in [1.29, 1.82) is 0 Å². The highest BCUT2D eigenvalue weighted by atomic mass is 16.6. The number of carbonyl (C=O) groups is 2. The van der Waals surface area contributed by atoms with Gasteiger partial charge in [0.25, 0.3) is 0 Å². The number of carboxylic acid groups (broad SMARTS) is 1. The van der Waals surface area contributed by atoms with Crippen LogP contribution in [0.1, 0.15) is 59.7 Å². The van der Waals surface area contributed by atoms with Crippen molar-refractivity contribution in [3.8, 4) is 11.5 Å². The fraction of sp³-hybridized carbons (Fsp3) is 0.200. The predicted octanol–water partition coefficient (Wildman–Crippen LogP) is 4.49. The lowest BCUT2D eigenvalue weighted by Gasteiger charge is -2.32. The molecule has 3 aromatic carbocycles. The molecule has 158 valence electrons. The van der Waals surface area contributed by atoms with Crippen molar-refractivity contribution in [2.45, 2.75) is 33.3 Å². The van der Waals surface area contributed by atoms with Crippen molar-refractivity contribution in [1.82, 2.24) is 0 Å².